The van der Waals surface area contributed by atoms with Gasteiger partial charge in [0.15, 0.2) is 5.96 Å². The number of nitrogens with zero attached hydrogens (tertiary/aromatic N) is 1. The van der Waals surface area contributed by atoms with Gasteiger partial charge in [-0.05, 0) is 25.7 Å². The molecule has 0 aromatic heterocycles. The Hall–Kier alpha value is -3.46. The standard InChI is InChI=1S/C20H38N8O7/c1-4-9(2)14(19(34)35)27-18(33)15(10(3)29)28-17(32)12(6-5-7-25-20(23)24)26-16(31)11(21)8-13(22)30/h9-12,14-15,29H,4-8,21H2,1-3H3,(H2,22,30)(H,26,31)(H,27,33)(H,28,32)(H,34,35)(H4,23,24,25). The second-order valence-electron chi connectivity index (χ2n) is 8.22. The van der Waals surface area contributed by atoms with Crippen molar-refractivity contribution in [2.24, 2.45) is 33.8 Å². The third-order valence-corrected chi connectivity index (χ3v) is 5.18. The molecular weight excluding hydrogens is 464 g/mol. The first-order valence-electron chi connectivity index (χ1n) is 11.1. The Balaban J connectivity index is 5.59. The van der Waals surface area contributed by atoms with Gasteiger partial charge in [-0.15, -0.1) is 0 Å². The molecule has 6 unspecified atom stereocenters. The first-order chi connectivity index (χ1) is 16.2. The fourth-order valence-electron chi connectivity index (χ4n) is 2.95. The fourth-order valence-corrected chi connectivity index (χ4v) is 2.95. The Morgan fingerprint density at radius 2 is 1.49 bits per heavy atom. The van der Waals surface area contributed by atoms with Gasteiger partial charge in [0.05, 0.1) is 18.6 Å². The highest BCUT2D eigenvalue weighted by atomic mass is 16.4. The second kappa shape index (κ2) is 15.4. The number of carbonyl (C=O) groups is 5. The number of aliphatic hydroxyl groups excluding tert-OH is 1. The summed E-state index contributed by atoms with van der Waals surface area (Å²) in [4.78, 5) is 64.3. The molecule has 0 aliphatic carbocycles. The van der Waals surface area contributed by atoms with Gasteiger partial charge in [-0.1, -0.05) is 20.3 Å². The molecule has 13 N–H and O–H groups in total. The number of nitrogens with one attached hydrogen (secondary N) is 3. The summed E-state index contributed by atoms with van der Waals surface area (Å²) in [5.41, 5.74) is 21.2. The van der Waals surface area contributed by atoms with Crippen LogP contribution >= 0.6 is 0 Å². The lowest BCUT2D eigenvalue weighted by Crippen LogP contribution is -2.60. The van der Waals surface area contributed by atoms with Crippen molar-refractivity contribution in [1.82, 2.24) is 16.0 Å². The van der Waals surface area contributed by atoms with Gasteiger partial charge in [-0.2, -0.15) is 0 Å². The number of rotatable bonds is 16. The number of amides is 4. The third kappa shape index (κ3) is 12.0. The number of guanidine groups is 1. The minimum absolute atomic E-state index is 0.0103. The van der Waals surface area contributed by atoms with E-state index >= 15 is 0 Å². The minimum atomic E-state index is -1.52. The van der Waals surface area contributed by atoms with Crippen molar-refractivity contribution in [3.05, 3.63) is 0 Å². The molecule has 0 saturated heterocycles. The van der Waals surface area contributed by atoms with E-state index in [1.54, 1.807) is 13.8 Å². The number of aliphatic imine (C=N–C) groups is 1. The number of aliphatic carboxylic acids is 1. The maximum atomic E-state index is 12.9. The van der Waals surface area contributed by atoms with Crippen LogP contribution in [-0.2, 0) is 24.0 Å². The molecule has 0 radical (unpaired) electrons. The molecule has 0 fully saturated rings. The molecule has 200 valence electrons. The lowest BCUT2D eigenvalue weighted by molar-refractivity contribution is -0.144. The molecule has 0 heterocycles. The zero-order valence-electron chi connectivity index (χ0n) is 20.2. The van der Waals surface area contributed by atoms with Crippen LogP contribution in [0.3, 0.4) is 0 Å². The van der Waals surface area contributed by atoms with E-state index in [1.165, 1.54) is 6.92 Å². The molecule has 0 aromatic carbocycles. The Morgan fingerprint density at radius 1 is 0.914 bits per heavy atom. The lowest BCUT2D eigenvalue weighted by Gasteiger charge is -2.27. The highest BCUT2D eigenvalue weighted by molar-refractivity contribution is 5.95. The summed E-state index contributed by atoms with van der Waals surface area (Å²) in [6, 6.07) is -5.32. The van der Waals surface area contributed by atoms with Gasteiger partial charge in [0.25, 0.3) is 0 Å². The second-order valence-corrected chi connectivity index (χ2v) is 8.22. The topological polar surface area (TPSA) is 278 Å². The SMILES string of the molecule is CCC(C)C(NC(=O)C(NC(=O)C(CCCN=C(N)N)NC(=O)C(N)CC(N)=O)C(C)O)C(=O)O. The van der Waals surface area contributed by atoms with Crippen LogP contribution in [-0.4, -0.2) is 82.6 Å². The molecule has 0 aromatic rings. The lowest BCUT2D eigenvalue weighted by atomic mass is 9.98. The van der Waals surface area contributed by atoms with Crippen molar-refractivity contribution in [1.29, 1.82) is 0 Å². The van der Waals surface area contributed by atoms with Gasteiger partial charge < -0.3 is 49.1 Å². The van der Waals surface area contributed by atoms with Gasteiger partial charge >= 0.3 is 5.97 Å². The molecule has 0 aliphatic rings. The zero-order chi connectivity index (χ0) is 27.3. The number of carbonyl (C=O) groups excluding carboxylic acids is 4. The summed E-state index contributed by atoms with van der Waals surface area (Å²) in [5, 5.41) is 26.5. The molecule has 0 bridgehead atoms. The van der Waals surface area contributed by atoms with Crippen molar-refractivity contribution in [2.45, 2.75) is 76.7 Å². The number of nitrogens with two attached hydrogens (primary N) is 4. The van der Waals surface area contributed by atoms with E-state index < -0.39 is 72.2 Å². The van der Waals surface area contributed by atoms with Gasteiger partial charge in [0.1, 0.15) is 18.1 Å². The first-order valence-corrected chi connectivity index (χ1v) is 11.1. The Morgan fingerprint density at radius 3 is 1.94 bits per heavy atom. The minimum Gasteiger partial charge on any atom is -0.480 e. The maximum absolute atomic E-state index is 12.9. The number of aliphatic hydroxyl groups is 1. The summed E-state index contributed by atoms with van der Waals surface area (Å²) in [5.74, 6) is -5.29. The maximum Gasteiger partial charge on any atom is 0.326 e. The molecule has 15 nitrogen and oxygen atoms in total. The van der Waals surface area contributed by atoms with E-state index in [2.05, 4.69) is 20.9 Å². The number of carboxylic acid groups (broad SMARTS) is 1. The van der Waals surface area contributed by atoms with Crippen LogP contribution < -0.4 is 38.9 Å². The van der Waals surface area contributed by atoms with Gasteiger partial charge in [-0.25, -0.2) is 4.79 Å². The summed E-state index contributed by atoms with van der Waals surface area (Å²) in [6.45, 7) is 4.75. The molecule has 0 saturated carbocycles. The number of hydrogen-bond donors (Lipinski definition) is 9. The molecule has 0 rings (SSSR count). The predicted molar refractivity (Wildman–Crippen MR) is 126 cm³/mol. The predicted octanol–water partition coefficient (Wildman–Crippen LogP) is -3.79. The number of carboxylic acids is 1. The molecule has 4 amide bonds. The van der Waals surface area contributed by atoms with Crippen LogP contribution in [0.25, 0.3) is 0 Å². The zero-order valence-corrected chi connectivity index (χ0v) is 20.2. The van der Waals surface area contributed by atoms with Crippen LogP contribution in [0.1, 0.15) is 46.5 Å². The third-order valence-electron chi connectivity index (χ3n) is 5.18. The quantitative estimate of drug-likeness (QED) is 0.0563. The van der Waals surface area contributed by atoms with Crippen molar-refractivity contribution in [3.63, 3.8) is 0 Å². The summed E-state index contributed by atoms with van der Waals surface area (Å²) >= 11 is 0. The van der Waals surface area contributed by atoms with Gasteiger partial charge in [0, 0.05) is 6.54 Å². The molecule has 35 heavy (non-hydrogen) atoms. The van der Waals surface area contributed by atoms with Crippen LogP contribution in [0, 0.1) is 5.92 Å². The largest absolute Gasteiger partial charge is 0.480 e. The summed E-state index contributed by atoms with van der Waals surface area (Å²) in [7, 11) is 0. The Labute approximate surface area is 203 Å². The van der Waals surface area contributed by atoms with Crippen molar-refractivity contribution >= 4 is 35.6 Å². The van der Waals surface area contributed by atoms with Crippen molar-refractivity contribution in [2.75, 3.05) is 6.54 Å². The molecule has 0 spiro atoms. The highest BCUT2D eigenvalue weighted by Gasteiger charge is 2.34. The molecular formula is C20H38N8O7. The Kier molecular flexibility index (Phi) is 13.9. The van der Waals surface area contributed by atoms with E-state index in [0.29, 0.717) is 6.42 Å². The monoisotopic (exact) mass is 502 g/mol. The molecule has 0 aliphatic heterocycles. The van der Waals surface area contributed by atoms with E-state index in [0.717, 1.165) is 0 Å². The normalized spacial score (nSPS) is 15.9. The van der Waals surface area contributed by atoms with Crippen LogP contribution in [0.5, 0.6) is 0 Å². The molecule has 6 atom stereocenters. The highest BCUT2D eigenvalue weighted by Crippen LogP contribution is 2.09. The summed E-state index contributed by atoms with van der Waals surface area (Å²) in [6.07, 6.45) is -1.16. The average Bonchev–Trinajstić information content (AvgIpc) is 2.75. The summed E-state index contributed by atoms with van der Waals surface area (Å²) < 4.78 is 0. The van der Waals surface area contributed by atoms with Crippen LogP contribution in [0.4, 0.5) is 0 Å². The van der Waals surface area contributed by atoms with Crippen molar-refractivity contribution in [3.8, 4) is 0 Å². The van der Waals surface area contributed by atoms with E-state index in [9.17, 15) is 34.2 Å². The van der Waals surface area contributed by atoms with Crippen LogP contribution in [0.15, 0.2) is 4.99 Å². The Bertz CT molecular complexity index is 785. The van der Waals surface area contributed by atoms with Crippen molar-refractivity contribution < 1.29 is 34.2 Å². The fraction of sp³-hybridized carbons (Fsp3) is 0.700. The number of hydrogen-bond acceptors (Lipinski definition) is 8. The molecule has 15 heteroatoms. The smallest absolute Gasteiger partial charge is 0.326 e. The van der Waals surface area contributed by atoms with Gasteiger partial charge in [0.2, 0.25) is 23.6 Å². The van der Waals surface area contributed by atoms with E-state index in [4.69, 9.17) is 22.9 Å². The van der Waals surface area contributed by atoms with Crippen LogP contribution in [0.2, 0.25) is 0 Å². The average molecular weight is 503 g/mol. The van der Waals surface area contributed by atoms with Gasteiger partial charge in [-0.3, -0.25) is 24.2 Å². The first kappa shape index (κ1) is 31.5. The van der Waals surface area contributed by atoms with E-state index in [1.807, 2.05) is 0 Å². The van der Waals surface area contributed by atoms with E-state index in [-0.39, 0.29) is 25.3 Å². The number of primary amides is 1.